The highest BCUT2D eigenvalue weighted by molar-refractivity contribution is 5.98. The molecule has 0 radical (unpaired) electrons. The molecule has 1 saturated heterocycles. The van der Waals surface area contributed by atoms with Crippen LogP contribution in [0.2, 0.25) is 0 Å². The minimum absolute atomic E-state index is 0.0429. The molecule has 4 rings (SSSR count). The predicted octanol–water partition coefficient (Wildman–Crippen LogP) is 5.46. The molecule has 1 aliphatic rings. The number of morpholine rings is 1. The second kappa shape index (κ2) is 17.3. The maximum absolute atomic E-state index is 15.3. The zero-order valence-electron chi connectivity index (χ0n) is 26.7. The number of nitrogens with one attached hydrogen (secondary N) is 4. The number of alkyl halides is 3. The molecule has 4 N–H and O–H groups in total. The highest BCUT2D eigenvalue weighted by atomic mass is 19.4. The van der Waals surface area contributed by atoms with Gasteiger partial charge in [-0.3, -0.25) is 4.79 Å². The van der Waals surface area contributed by atoms with Gasteiger partial charge in [-0.1, -0.05) is 12.1 Å². The van der Waals surface area contributed by atoms with E-state index < -0.39 is 89.7 Å². The minimum atomic E-state index is -4.61. The molecule has 0 aromatic heterocycles. The molecule has 3 aromatic rings. The molecular weight excluding hydrogens is 700 g/mol. The number of rotatable bonds is 12. The molecule has 1 fully saturated rings. The molecule has 0 bridgehead atoms. The number of ether oxygens (including phenoxy) is 3. The van der Waals surface area contributed by atoms with Gasteiger partial charge < -0.3 is 35.5 Å². The Morgan fingerprint density at radius 1 is 0.902 bits per heavy atom. The topological polar surface area (TPSA) is 127 Å². The van der Waals surface area contributed by atoms with E-state index >= 15 is 8.78 Å². The van der Waals surface area contributed by atoms with Gasteiger partial charge in [-0.25, -0.2) is 31.5 Å². The molecule has 276 valence electrons. The van der Waals surface area contributed by atoms with Crippen molar-refractivity contribution in [1.29, 1.82) is 0 Å². The maximum Gasteiger partial charge on any atom is 0.407 e. The Bertz CT molecular complexity index is 1670. The van der Waals surface area contributed by atoms with Crippen LogP contribution in [0, 0.1) is 29.1 Å². The van der Waals surface area contributed by atoms with Crippen molar-refractivity contribution in [2.45, 2.75) is 43.1 Å². The first-order valence-corrected chi connectivity index (χ1v) is 15.3. The Morgan fingerprint density at radius 2 is 1.57 bits per heavy atom. The lowest BCUT2D eigenvalue weighted by atomic mass is 9.84. The number of hydrogen-bond donors (Lipinski definition) is 4. The molecule has 1 aliphatic heterocycles. The lowest BCUT2D eigenvalue weighted by molar-refractivity contribution is -0.124. The van der Waals surface area contributed by atoms with E-state index in [2.05, 4.69) is 20.7 Å². The van der Waals surface area contributed by atoms with Crippen molar-refractivity contribution in [3.8, 4) is 0 Å². The molecule has 1 heterocycles. The summed E-state index contributed by atoms with van der Waals surface area (Å²) in [6, 6.07) is 6.06. The Labute approximate surface area is 285 Å². The van der Waals surface area contributed by atoms with Gasteiger partial charge in [0.05, 0.1) is 31.5 Å². The molecule has 18 heteroatoms. The van der Waals surface area contributed by atoms with Gasteiger partial charge in [0.25, 0.3) is 0 Å². The van der Waals surface area contributed by atoms with E-state index in [1.165, 1.54) is 12.1 Å². The first-order valence-electron chi connectivity index (χ1n) is 15.3. The zero-order valence-corrected chi connectivity index (χ0v) is 26.7. The average Bonchev–Trinajstić information content (AvgIpc) is 3.07. The predicted molar refractivity (Wildman–Crippen MR) is 164 cm³/mol. The lowest BCUT2D eigenvalue weighted by Gasteiger charge is -2.30. The SMILES string of the molecule is COC(=O)N[C@H](C(=O)Nc1c(F)ccc(F)c1CC[C@@H]1CN[C@H](COC(=O)NCC(F)(F)F)CO1)[C@@H](c1ccc(F)cc1)c1cc(F)cc(F)c1. The van der Waals surface area contributed by atoms with E-state index in [-0.39, 0.29) is 49.3 Å². The van der Waals surface area contributed by atoms with Gasteiger partial charge in [-0.15, -0.1) is 0 Å². The fourth-order valence-electron chi connectivity index (χ4n) is 5.33. The summed E-state index contributed by atoms with van der Waals surface area (Å²) in [7, 11) is 0.982. The molecule has 3 amide bonds. The number of anilines is 1. The first-order chi connectivity index (χ1) is 24.1. The first kappa shape index (κ1) is 38.8. The van der Waals surface area contributed by atoms with Crippen LogP contribution in [0.25, 0.3) is 0 Å². The van der Waals surface area contributed by atoms with Gasteiger partial charge in [0.1, 0.15) is 48.3 Å². The van der Waals surface area contributed by atoms with E-state index in [4.69, 9.17) is 9.47 Å². The van der Waals surface area contributed by atoms with Gasteiger partial charge in [-0.05, 0) is 60.4 Å². The standard InChI is InChI=1S/C33H32F8N4O6/c1-49-32(48)45-29(27(17-2-4-19(34)5-3-17)18-10-20(35)12-21(36)11-18)30(46)44-28-24(25(37)8-9-26(28)38)7-6-23-13-42-22(14-50-23)15-51-31(47)43-16-33(39,40)41/h2-5,8-12,22-23,27,29,42H,6-7,13-16H2,1H3,(H,43,47)(H,44,46)(H,45,48)/t22-,23+,27-,29-/m0/s1. The van der Waals surface area contributed by atoms with Crippen molar-refractivity contribution >= 4 is 23.8 Å². The monoisotopic (exact) mass is 732 g/mol. The molecule has 51 heavy (non-hydrogen) atoms. The van der Waals surface area contributed by atoms with Crippen LogP contribution in [-0.2, 0) is 25.4 Å². The number of carbonyl (C=O) groups excluding carboxylic acids is 3. The Morgan fingerprint density at radius 3 is 2.18 bits per heavy atom. The summed E-state index contributed by atoms with van der Waals surface area (Å²) in [5.74, 6) is -7.26. The molecule has 0 spiro atoms. The van der Waals surface area contributed by atoms with Gasteiger partial charge in [-0.2, -0.15) is 13.2 Å². The molecule has 0 aliphatic carbocycles. The summed E-state index contributed by atoms with van der Waals surface area (Å²) in [4.78, 5) is 37.8. The maximum atomic E-state index is 15.3. The summed E-state index contributed by atoms with van der Waals surface area (Å²) < 4.78 is 125. The number of carbonyl (C=O) groups is 3. The highest BCUT2D eigenvalue weighted by Gasteiger charge is 2.35. The van der Waals surface area contributed by atoms with Crippen LogP contribution in [0.1, 0.15) is 29.0 Å². The van der Waals surface area contributed by atoms with E-state index in [0.29, 0.717) is 6.07 Å². The Hall–Kier alpha value is -4.97. The van der Waals surface area contributed by atoms with Crippen molar-refractivity contribution in [1.82, 2.24) is 16.0 Å². The second-order valence-corrected chi connectivity index (χ2v) is 11.4. The van der Waals surface area contributed by atoms with Crippen LogP contribution >= 0.6 is 0 Å². The van der Waals surface area contributed by atoms with Crippen molar-refractivity contribution in [3.63, 3.8) is 0 Å². The van der Waals surface area contributed by atoms with E-state index in [0.717, 1.165) is 43.5 Å². The average molecular weight is 733 g/mol. The van der Waals surface area contributed by atoms with Crippen LogP contribution in [0.15, 0.2) is 54.6 Å². The smallest absolute Gasteiger partial charge is 0.407 e. The van der Waals surface area contributed by atoms with Crippen molar-refractivity contribution in [2.75, 3.05) is 38.7 Å². The summed E-state index contributed by atoms with van der Waals surface area (Å²) in [6.07, 6.45) is -7.76. The normalized spacial score (nSPS) is 17.2. The fourth-order valence-corrected chi connectivity index (χ4v) is 5.33. The summed E-state index contributed by atoms with van der Waals surface area (Å²) in [6.45, 7) is -1.79. The van der Waals surface area contributed by atoms with Crippen LogP contribution in [-0.4, -0.2) is 75.9 Å². The summed E-state index contributed by atoms with van der Waals surface area (Å²) >= 11 is 0. The minimum Gasteiger partial charge on any atom is -0.453 e. The highest BCUT2D eigenvalue weighted by Crippen LogP contribution is 2.32. The molecule has 0 unspecified atom stereocenters. The van der Waals surface area contributed by atoms with Crippen molar-refractivity contribution in [2.24, 2.45) is 0 Å². The number of alkyl carbamates (subject to hydrolysis) is 2. The fraction of sp³-hybridized carbons (Fsp3) is 0.364. The number of halogens is 8. The van der Waals surface area contributed by atoms with Gasteiger partial charge in [0, 0.05) is 24.1 Å². The van der Waals surface area contributed by atoms with E-state index in [1.807, 2.05) is 0 Å². The van der Waals surface area contributed by atoms with Gasteiger partial charge in [0.2, 0.25) is 5.91 Å². The van der Waals surface area contributed by atoms with E-state index in [9.17, 15) is 40.7 Å². The molecule has 0 saturated carbocycles. The molecule has 10 nitrogen and oxygen atoms in total. The quantitative estimate of drug-likeness (QED) is 0.183. The summed E-state index contributed by atoms with van der Waals surface area (Å²) in [5.41, 5.74) is -0.931. The van der Waals surface area contributed by atoms with Crippen LogP contribution < -0.4 is 21.3 Å². The zero-order chi connectivity index (χ0) is 37.3. The number of benzene rings is 3. The van der Waals surface area contributed by atoms with Crippen LogP contribution in [0.3, 0.4) is 0 Å². The van der Waals surface area contributed by atoms with Crippen molar-refractivity contribution < 1.29 is 63.7 Å². The number of amides is 3. The van der Waals surface area contributed by atoms with E-state index in [1.54, 1.807) is 5.32 Å². The van der Waals surface area contributed by atoms with Crippen LogP contribution in [0.5, 0.6) is 0 Å². The van der Waals surface area contributed by atoms with Crippen molar-refractivity contribution in [3.05, 3.63) is 100 Å². The second-order valence-electron chi connectivity index (χ2n) is 11.4. The van der Waals surface area contributed by atoms with Gasteiger partial charge in [0.15, 0.2) is 0 Å². The third-order valence-corrected chi connectivity index (χ3v) is 7.73. The largest absolute Gasteiger partial charge is 0.453 e. The number of methoxy groups -OCH3 is 1. The molecule has 3 aromatic carbocycles. The van der Waals surface area contributed by atoms with Gasteiger partial charge >= 0.3 is 18.4 Å². The van der Waals surface area contributed by atoms with Crippen LogP contribution in [0.4, 0.5) is 50.4 Å². The molecule has 4 atom stereocenters. The summed E-state index contributed by atoms with van der Waals surface area (Å²) in [5, 5.41) is 9.10. The Kier molecular flexibility index (Phi) is 13.2. The third-order valence-electron chi connectivity index (χ3n) is 7.73. The molecular formula is C33H32F8N4O6. The lowest BCUT2D eigenvalue weighted by Crippen LogP contribution is -2.49. The third kappa shape index (κ3) is 11.3. The Balaban J connectivity index is 1.51. The number of hydrogen-bond acceptors (Lipinski definition) is 7.